The number of hydrogen-bond acceptors (Lipinski definition) is 8. The van der Waals surface area contributed by atoms with Crippen LogP contribution in [0.15, 0.2) is 26.2 Å². The van der Waals surface area contributed by atoms with E-state index in [9.17, 15) is 15.2 Å². The van der Waals surface area contributed by atoms with Gasteiger partial charge >= 0.3 is 0 Å². The number of aryl methyl sites for hydroxylation is 1. The Kier molecular flexibility index (Phi) is 8.58. The van der Waals surface area contributed by atoms with Crippen LogP contribution in [0.5, 0.6) is 17.4 Å². The Labute approximate surface area is 189 Å². The van der Waals surface area contributed by atoms with Gasteiger partial charge in [0.1, 0.15) is 11.6 Å². The van der Waals surface area contributed by atoms with Crippen molar-refractivity contribution in [1.82, 2.24) is 10.4 Å². The van der Waals surface area contributed by atoms with Crippen LogP contribution in [-0.4, -0.2) is 43.0 Å². The summed E-state index contributed by atoms with van der Waals surface area (Å²) in [5.41, 5.74) is 4.28. The van der Waals surface area contributed by atoms with Gasteiger partial charge in [0.05, 0.1) is 30.1 Å². The predicted octanol–water partition coefficient (Wildman–Crippen LogP) is 3.18. The average Bonchev–Trinajstić information content (AvgIpc) is 2.72. The molecular formula is C19H18Br2N4O5. The van der Waals surface area contributed by atoms with Crippen LogP contribution in [0, 0.1) is 18.3 Å². The molecule has 9 nitrogen and oxygen atoms in total. The second-order valence-electron chi connectivity index (χ2n) is 5.85. The standard InChI is InChI=1S/C19H18Br2N4O5/c1-10-17(21)13(8-28-2)12(6-22)19(24-10)30-9-16(26)25-23-7-11-4-14(20)18(27)15(5-11)29-3/h4-5,7,27H,8-9H2,1-3H3,(H,25,26)/b23-7+. The predicted molar refractivity (Wildman–Crippen MR) is 116 cm³/mol. The first-order chi connectivity index (χ1) is 14.3. The number of carbonyl (C=O) groups excluding carboxylic acids is 1. The molecule has 0 radical (unpaired) electrons. The number of ether oxygens (including phenoxy) is 3. The number of phenols is 1. The lowest BCUT2D eigenvalue weighted by Crippen LogP contribution is -2.25. The van der Waals surface area contributed by atoms with Crippen molar-refractivity contribution in [3.8, 4) is 23.4 Å². The summed E-state index contributed by atoms with van der Waals surface area (Å²) < 4.78 is 16.7. The number of aromatic hydroxyl groups is 1. The number of hydrogen-bond donors (Lipinski definition) is 2. The zero-order valence-electron chi connectivity index (χ0n) is 16.3. The molecule has 0 aliphatic heterocycles. The van der Waals surface area contributed by atoms with Gasteiger partial charge in [0.25, 0.3) is 5.91 Å². The van der Waals surface area contributed by atoms with E-state index in [0.717, 1.165) is 0 Å². The summed E-state index contributed by atoms with van der Waals surface area (Å²) in [5.74, 6) is -0.286. The minimum atomic E-state index is -0.546. The van der Waals surface area contributed by atoms with Crippen molar-refractivity contribution >= 4 is 44.0 Å². The molecule has 0 fully saturated rings. The van der Waals surface area contributed by atoms with E-state index in [1.165, 1.54) is 20.4 Å². The highest BCUT2D eigenvalue weighted by Crippen LogP contribution is 2.34. The summed E-state index contributed by atoms with van der Waals surface area (Å²) in [6, 6.07) is 5.19. The maximum atomic E-state index is 12.0. The molecule has 0 aliphatic carbocycles. The summed E-state index contributed by atoms with van der Waals surface area (Å²) in [6.45, 7) is 1.53. The highest BCUT2D eigenvalue weighted by atomic mass is 79.9. The minimum absolute atomic E-state index is 0.0366. The average molecular weight is 542 g/mol. The molecule has 1 heterocycles. The zero-order chi connectivity index (χ0) is 22.3. The van der Waals surface area contributed by atoms with Gasteiger partial charge in [0.15, 0.2) is 18.1 Å². The first-order valence-electron chi connectivity index (χ1n) is 8.41. The normalized spacial score (nSPS) is 10.7. The zero-order valence-corrected chi connectivity index (χ0v) is 19.5. The third-order valence-corrected chi connectivity index (χ3v) is 5.44. The van der Waals surface area contributed by atoms with Gasteiger partial charge in [-0.1, -0.05) is 0 Å². The second kappa shape index (κ2) is 10.9. The van der Waals surface area contributed by atoms with Gasteiger partial charge in [-0.2, -0.15) is 10.4 Å². The van der Waals surface area contributed by atoms with E-state index in [1.807, 2.05) is 6.07 Å². The first-order valence-corrected chi connectivity index (χ1v) is 10.00. The molecule has 0 saturated carbocycles. The van der Waals surface area contributed by atoms with Crippen LogP contribution in [0.4, 0.5) is 0 Å². The number of nitrogens with zero attached hydrogens (tertiary/aromatic N) is 3. The number of methoxy groups -OCH3 is 2. The molecule has 1 amide bonds. The van der Waals surface area contributed by atoms with Crippen molar-refractivity contribution in [1.29, 1.82) is 5.26 Å². The Hall–Kier alpha value is -2.68. The molecule has 0 aliphatic rings. The van der Waals surface area contributed by atoms with Crippen molar-refractivity contribution in [2.24, 2.45) is 5.10 Å². The molecule has 2 aromatic rings. The maximum absolute atomic E-state index is 12.0. The quantitative estimate of drug-likeness (QED) is 0.388. The van der Waals surface area contributed by atoms with Crippen LogP contribution in [-0.2, 0) is 16.1 Å². The Bertz CT molecular complexity index is 1020. The number of carbonyl (C=O) groups is 1. The third-order valence-electron chi connectivity index (χ3n) is 3.78. The summed E-state index contributed by atoms with van der Waals surface area (Å²) in [5, 5.41) is 23.1. The molecule has 1 aromatic carbocycles. The Morgan fingerprint density at radius 3 is 2.77 bits per heavy atom. The molecule has 0 bridgehead atoms. The van der Waals surface area contributed by atoms with Crippen LogP contribution in [0.1, 0.15) is 22.4 Å². The fourth-order valence-corrected chi connectivity index (χ4v) is 3.24. The molecule has 2 rings (SSSR count). The van der Waals surface area contributed by atoms with Gasteiger partial charge in [-0.3, -0.25) is 4.79 Å². The minimum Gasteiger partial charge on any atom is -0.503 e. The number of nitrogens with one attached hydrogen (secondary N) is 1. The highest BCUT2D eigenvalue weighted by molar-refractivity contribution is 9.10. The molecular weight excluding hydrogens is 524 g/mol. The van der Waals surface area contributed by atoms with Crippen LogP contribution in [0.2, 0.25) is 0 Å². The fraction of sp³-hybridized carbons (Fsp3) is 0.263. The second-order valence-corrected chi connectivity index (χ2v) is 7.50. The smallest absolute Gasteiger partial charge is 0.278 e. The van der Waals surface area contributed by atoms with E-state index in [-0.39, 0.29) is 29.5 Å². The van der Waals surface area contributed by atoms with E-state index in [0.29, 0.717) is 25.8 Å². The third kappa shape index (κ3) is 5.69. The Balaban J connectivity index is 2.06. The number of rotatable bonds is 8. The van der Waals surface area contributed by atoms with Crippen LogP contribution >= 0.6 is 31.9 Å². The molecule has 30 heavy (non-hydrogen) atoms. The van der Waals surface area contributed by atoms with Gasteiger partial charge in [0, 0.05) is 17.1 Å². The molecule has 11 heteroatoms. The van der Waals surface area contributed by atoms with Crippen molar-refractivity contribution in [2.75, 3.05) is 20.8 Å². The number of amides is 1. The van der Waals surface area contributed by atoms with Gasteiger partial charge in [-0.15, -0.1) is 0 Å². The molecule has 2 N–H and O–H groups in total. The lowest BCUT2D eigenvalue weighted by atomic mass is 10.1. The monoisotopic (exact) mass is 540 g/mol. The van der Waals surface area contributed by atoms with E-state index in [4.69, 9.17) is 14.2 Å². The maximum Gasteiger partial charge on any atom is 0.278 e. The Morgan fingerprint density at radius 2 is 2.13 bits per heavy atom. The number of hydrazone groups is 1. The lowest BCUT2D eigenvalue weighted by Gasteiger charge is -2.13. The Morgan fingerprint density at radius 1 is 1.40 bits per heavy atom. The van der Waals surface area contributed by atoms with Crippen LogP contribution in [0.3, 0.4) is 0 Å². The molecule has 1 aromatic heterocycles. The van der Waals surface area contributed by atoms with E-state index in [2.05, 4.69) is 47.4 Å². The molecule has 158 valence electrons. The summed E-state index contributed by atoms with van der Waals surface area (Å²) in [4.78, 5) is 16.3. The van der Waals surface area contributed by atoms with Crippen LogP contribution in [0.25, 0.3) is 0 Å². The lowest BCUT2D eigenvalue weighted by molar-refractivity contribution is -0.123. The van der Waals surface area contributed by atoms with Gasteiger partial charge in [0.2, 0.25) is 5.88 Å². The summed E-state index contributed by atoms with van der Waals surface area (Å²) in [7, 11) is 2.94. The number of halogens is 2. The van der Waals surface area contributed by atoms with Gasteiger partial charge < -0.3 is 19.3 Å². The van der Waals surface area contributed by atoms with Crippen molar-refractivity contribution < 1.29 is 24.1 Å². The van der Waals surface area contributed by atoms with Crippen LogP contribution < -0.4 is 14.9 Å². The van der Waals surface area contributed by atoms with E-state index >= 15 is 0 Å². The number of benzene rings is 1. The molecule has 0 spiro atoms. The topological polar surface area (TPSA) is 126 Å². The number of phenolic OH excluding ortho intramolecular Hbond substituents is 1. The van der Waals surface area contributed by atoms with Crippen molar-refractivity contribution in [3.63, 3.8) is 0 Å². The van der Waals surface area contributed by atoms with Crippen molar-refractivity contribution in [3.05, 3.63) is 43.5 Å². The molecule has 0 unspecified atom stereocenters. The number of pyridine rings is 1. The number of nitriles is 1. The first kappa shape index (κ1) is 23.6. The number of aromatic nitrogens is 1. The molecule has 0 saturated heterocycles. The van der Waals surface area contributed by atoms with Gasteiger partial charge in [-0.25, -0.2) is 10.4 Å². The SMILES string of the molecule is COCc1c(Br)c(C)nc(OCC(=O)N/N=C/c2cc(Br)c(O)c(OC)c2)c1C#N. The van der Waals surface area contributed by atoms with Gasteiger partial charge in [-0.05, 0) is 56.5 Å². The largest absolute Gasteiger partial charge is 0.503 e. The fourth-order valence-electron chi connectivity index (χ4n) is 2.38. The summed E-state index contributed by atoms with van der Waals surface area (Å²) >= 11 is 6.59. The summed E-state index contributed by atoms with van der Waals surface area (Å²) in [6.07, 6.45) is 1.38. The van der Waals surface area contributed by atoms with E-state index in [1.54, 1.807) is 19.1 Å². The highest BCUT2D eigenvalue weighted by Gasteiger charge is 2.18. The van der Waals surface area contributed by atoms with Crippen molar-refractivity contribution in [2.45, 2.75) is 13.5 Å². The molecule has 0 atom stereocenters. The van der Waals surface area contributed by atoms with E-state index < -0.39 is 12.5 Å².